The topological polar surface area (TPSA) is 29.5 Å². The first-order valence-electron chi connectivity index (χ1n) is 6.41. The summed E-state index contributed by atoms with van der Waals surface area (Å²) >= 11 is 8.82. The first kappa shape index (κ1) is 16.6. The zero-order valence-corrected chi connectivity index (χ0v) is 14.0. The van der Waals surface area contributed by atoms with Crippen molar-refractivity contribution in [2.24, 2.45) is 0 Å². The Morgan fingerprint density at radius 1 is 1.48 bits per heavy atom. The van der Waals surface area contributed by atoms with Crippen molar-refractivity contribution in [3.63, 3.8) is 0 Å². The number of halogens is 4. The number of rotatable bonds is 2. The summed E-state index contributed by atoms with van der Waals surface area (Å²) in [5, 5.41) is 0.210. The van der Waals surface area contributed by atoms with Gasteiger partial charge in [-0.1, -0.05) is 27.5 Å². The van der Waals surface area contributed by atoms with E-state index in [4.69, 9.17) is 16.3 Å². The number of amides is 1. The molecule has 3 nitrogen and oxygen atoms in total. The van der Waals surface area contributed by atoms with E-state index in [1.165, 1.54) is 4.90 Å². The van der Waals surface area contributed by atoms with Crippen LogP contribution in [0.5, 0.6) is 0 Å². The van der Waals surface area contributed by atoms with Gasteiger partial charge in [0.2, 0.25) is 0 Å². The van der Waals surface area contributed by atoms with Crippen LogP contribution >= 0.6 is 27.5 Å². The van der Waals surface area contributed by atoms with Gasteiger partial charge in [0.05, 0.1) is 22.3 Å². The average molecular weight is 383 g/mol. The Morgan fingerprint density at radius 3 is 2.76 bits per heavy atom. The Kier molecular flexibility index (Phi) is 4.90. The Labute approximate surface area is 135 Å². The summed E-state index contributed by atoms with van der Waals surface area (Å²) in [4.78, 5) is 13.9. The lowest BCUT2D eigenvalue weighted by molar-refractivity contribution is -0.116. The highest BCUT2D eigenvalue weighted by atomic mass is 79.9. The molecule has 0 aromatic heterocycles. The molecule has 1 amide bonds. The number of morpholine rings is 1. The van der Waals surface area contributed by atoms with Crippen LogP contribution in [-0.2, 0) is 4.74 Å². The van der Waals surface area contributed by atoms with E-state index < -0.39 is 23.1 Å². The SMILES string of the molecule is CC1(C)CN(C(=O)c2cc(F)c(Cl)cc2F)CC(CBr)O1. The fraction of sp³-hybridized carbons (Fsp3) is 0.500. The summed E-state index contributed by atoms with van der Waals surface area (Å²) in [6, 6.07) is 1.66. The second-order valence-electron chi connectivity index (χ2n) is 5.59. The van der Waals surface area contributed by atoms with Gasteiger partial charge in [-0.3, -0.25) is 4.79 Å². The summed E-state index contributed by atoms with van der Waals surface area (Å²) in [6.07, 6.45) is -0.196. The molecule has 7 heteroatoms. The fourth-order valence-corrected chi connectivity index (χ4v) is 2.87. The van der Waals surface area contributed by atoms with Gasteiger partial charge in [-0.2, -0.15) is 0 Å². The molecule has 0 spiro atoms. The summed E-state index contributed by atoms with van der Waals surface area (Å²) in [6.45, 7) is 4.32. The largest absolute Gasteiger partial charge is 0.368 e. The van der Waals surface area contributed by atoms with Crippen LogP contribution in [0.2, 0.25) is 5.02 Å². The third kappa shape index (κ3) is 3.73. The minimum Gasteiger partial charge on any atom is -0.368 e. The van der Waals surface area contributed by atoms with Gasteiger partial charge in [-0.15, -0.1) is 0 Å². The number of ether oxygens (including phenoxy) is 1. The Balaban J connectivity index is 2.29. The van der Waals surface area contributed by atoms with Crippen molar-refractivity contribution < 1.29 is 18.3 Å². The van der Waals surface area contributed by atoms with Crippen LogP contribution in [0.4, 0.5) is 8.78 Å². The quantitative estimate of drug-likeness (QED) is 0.577. The number of alkyl halides is 1. The van der Waals surface area contributed by atoms with E-state index >= 15 is 0 Å². The second kappa shape index (κ2) is 6.18. The monoisotopic (exact) mass is 381 g/mol. The van der Waals surface area contributed by atoms with Crippen molar-refractivity contribution in [1.29, 1.82) is 0 Å². The molecule has 2 rings (SSSR count). The lowest BCUT2D eigenvalue weighted by Crippen LogP contribution is -2.55. The smallest absolute Gasteiger partial charge is 0.257 e. The zero-order valence-electron chi connectivity index (χ0n) is 11.6. The van der Waals surface area contributed by atoms with Gasteiger partial charge in [0, 0.05) is 18.4 Å². The second-order valence-corrected chi connectivity index (χ2v) is 6.64. The van der Waals surface area contributed by atoms with Crippen molar-refractivity contribution in [2.45, 2.75) is 25.6 Å². The van der Waals surface area contributed by atoms with E-state index in [-0.39, 0.29) is 16.7 Å². The van der Waals surface area contributed by atoms with Gasteiger partial charge in [0.1, 0.15) is 11.6 Å². The highest BCUT2D eigenvalue weighted by Gasteiger charge is 2.36. The molecule has 0 N–H and O–H groups in total. The van der Waals surface area contributed by atoms with Gasteiger partial charge < -0.3 is 9.64 Å². The van der Waals surface area contributed by atoms with Crippen molar-refractivity contribution in [2.75, 3.05) is 18.4 Å². The molecule has 1 unspecified atom stereocenters. The van der Waals surface area contributed by atoms with Crippen molar-refractivity contribution in [1.82, 2.24) is 4.90 Å². The summed E-state index contributed by atoms with van der Waals surface area (Å²) in [5.74, 6) is -2.21. The molecule has 0 radical (unpaired) electrons. The maximum Gasteiger partial charge on any atom is 0.257 e. The Morgan fingerprint density at radius 2 is 2.14 bits per heavy atom. The van der Waals surface area contributed by atoms with Crippen LogP contribution in [0.1, 0.15) is 24.2 Å². The first-order valence-corrected chi connectivity index (χ1v) is 7.91. The van der Waals surface area contributed by atoms with E-state index in [2.05, 4.69) is 15.9 Å². The number of nitrogens with zero attached hydrogens (tertiary/aromatic N) is 1. The Hall–Kier alpha value is -0.720. The van der Waals surface area contributed by atoms with Crippen LogP contribution in [0.15, 0.2) is 12.1 Å². The molecular weight excluding hydrogens is 368 g/mol. The number of hydrogen-bond acceptors (Lipinski definition) is 2. The van der Waals surface area contributed by atoms with E-state index in [9.17, 15) is 13.6 Å². The van der Waals surface area contributed by atoms with Crippen molar-refractivity contribution >= 4 is 33.4 Å². The summed E-state index contributed by atoms with van der Waals surface area (Å²) in [5.41, 5.74) is -0.865. The predicted molar refractivity (Wildman–Crippen MR) is 80.0 cm³/mol. The van der Waals surface area contributed by atoms with Crippen LogP contribution in [0.3, 0.4) is 0 Å². The van der Waals surface area contributed by atoms with Crippen LogP contribution in [0.25, 0.3) is 0 Å². The van der Waals surface area contributed by atoms with Gasteiger partial charge >= 0.3 is 0 Å². The van der Waals surface area contributed by atoms with E-state index in [1.807, 2.05) is 13.8 Å². The van der Waals surface area contributed by atoms with E-state index in [0.717, 1.165) is 12.1 Å². The number of carbonyl (C=O) groups is 1. The molecule has 1 heterocycles. The van der Waals surface area contributed by atoms with Crippen LogP contribution in [0, 0.1) is 11.6 Å². The molecule has 1 atom stereocenters. The average Bonchev–Trinajstić information content (AvgIpc) is 2.40. The minimum absolute atomic E-state index is 0.196. The van der Waals surface area contributed by atoms with Gasteiger partial charge in [0.25, 0.3) is 5.91 Å². The molecule has 1 aromatic carbocycles. The fourth-order valence-electron chi connectivity index (χ4n) is 2.39. The summed E-state index contributed by atoms with van der Waals surface area (Å²) in [7, 11) is 0. The third-order valence-electron chi connectivity index (χ3n) is 3.18. The zero-order chi connectivity index (χ0) is 15.8. The number of carbonyl (C=O) groups excluding carboxylic acids is 1. The molecule has 116 valence electrons. The van der Waals surface area contributed by atoms with Crippen molar-refractivity contribution in [3.8, 4) is 0 Å². The highest BCUT2D eigenvalue weighted by molar-refractivity contribution is 9.09. The maximum atomic E-state index is 13.9. The minimum atomic E-state index is -0.828. The van der Waals surface area contributed by atoms with E-state index in [0.29, 0.717) is 18.4 Å². The lowest BCUT2D eigenvalue weighted by atomic mass is 10.0. The maximum absolute atomic E-state index is 13.9. The highest BCUT2D eigenvalue weighted by Crippen LogP contribution is 2.26. The lowest BCUT2D eigenvalue weighted by Gasteiger charge is -2.42. The van der Waals surface area contributed by atoms with Crippen LogP contribution in [-0.4, -0.2) is 40.9 Å². The van der Waals surface area contributed by atoms with Gasteiger partial charge in [0.15, 0.2) is 0 Å². The molecule has 0 bridgehead atoms. The van der Waals surface area contributed by atoms with Gasteiger partial charge in [-0.05, 0) is 26.0 Å². The molecule has 1 aliphatic heterocycles. The molecule has 0 saturated carbocycles. The molecular formula is C14H15BrClF2NO2. The molecule has 1 saturated heterocycles. The predicted octanol–water partition coefficient (Wildman–Crippen LogP) is 3.63. The standard InChI is InChI=1S/C14H15BrClF2NO2/c1-14(2)7-19(6-8(5-15)21-14)13(20)9-3-12(18)10(16)4-11(9)17/h3-4,8H,5-7H2,1-2H3. The number of benzene rings is 1. The normalized spacial score (nSPS) is 21.4. The van der Waals surface area contributed by atoms with E-state index in [1.54, 1.807) is 0 Å². The van der Waals surface area contributed by atoms with Crippen molar-refractivity contribution in [3.05, 3.63) is 34.4 Å². The number of hydrogen-bond donors (Lipinski definition) is 0. The first-order chi connectivity index (χ1) is 9.73. The molecule has 21 heavy (non-hydrogen) atoms. The summed E-state index contributed by atoms with van der Waals surface area (Å²) < 4.78 is 33.1. The molecule has 0 aliphatic carbocycles. The van der Waals surface area contributed by atoms with Gasteiger partial charge in [-0.25, -0.2) is 8.78 Å². The van der Waals surface area contributed by atoms with Crippen LogP contribution < -0.4 is 0 Å². The third-order valence-corrected chi connectivity index (χ3v) is 4.19. The molecule has 1 aromatic rings. The molecule has 1 aliphatic rings. The Bertz CT molecular complexity index is 568. The molecule has 1 fully saturated rings.